The summed E-state index contributed by atoms with van der Waals surface area (Å²) in [5, 5.41) is 2.44. The number of hydrogen-bond acceptors (Lipinski definition) is 5. The minimum atomic E-state index is -0.533. The van der Waals surface area contributed by atoms with Gasteiger partial charge in [-0.2, -0.15) is 0 Å². The number of nitrogens with zero attached hydrogens (tertiary/aromatic N) is 2. The normalized spacial score (nSPS) is 10.2. The third kappa shape index (κ3) is 5.29. The second-order valence-corrected chi connectivity index (χ2v) is 6.09. The molecule has 2 rings (SSSR count). The monoisotopic (exact) mass is 385 g/mol. The molecule has 0 unspecified atom stereocenters. The van der Waals surface area contributed by atoms with E-state index in [0.29, 0.717) is 18.5 Å². The van der Waals surface area contributed by atoms with Crippen molar-refractivity contribution in [3.63, 3.8) is 0 Å². The van der Waals surface area contributed by atoms with Crippen LogP contribution >= 0.6 is 0 Å². The summed E-state index contributed by atoms with van der Waals surface area (Å²) in [5.74, 6) is -0.903. The van der Waals surface area contributed by atoms with Crippen LogP contribution in [0.1, 0.15) is 28.8 Å². The molecule has 0 radical (unpaired) electrons. The highest BCUT2D eigenvalue weighted by atomic mass is 16.5. The molecule has 8 nitrogen and oxygen atoms in total. The molecule has 2 amide bonds. The van der Waals surface area contributed by atoms with Crippen molar-refractivity contribution in [1.82, 2.24) is 9.88 Å². The Kier molecular flexibility index (Phi) is 7.50. The lowest BCUT2D eigenvalue weighted by atomic mass is 10.2. The van der Waals surface area contributed by atoms with Crippen molar-refractivity contribution < 1.29 is 19.1 Å². The smallest absolute Gasteiger partial charge is 0.305 e. The average Bonchev–Trinajstić information content (AvgIpc) is 2.72. The van der Waals surface area contributed by atoms with Crippen LogP contribution in [0.15, 0.2) is 47.4 Å². The topological polar surface area (TPSA) is 97.7 Å². The first kappa shape index (κ1) is 20.9. The summed E-state index contributed by atoms with van der Waals surface area (Å²) in [6, 6.07) is 10.7. The molecule has 0 saturated heterocycles. The number of hydrogen-bond donors (Lipinski definition) is 1. The number of methoxy groups -OCH3 is 1. The number of anilines is 1. The van der Waals surface area contributed by atoms with Crippen LogP contribution in [0.3, 0.4) is 0 Å². The third-order valence-corrected chi connectivity index (χ3v) is 4.21. The number of pyridine rings is 1. The Labute approximate surface area is 162 Å². The van der Waals surface area contributed by atoms with E-state index in [2.05, 4.69) is 10.1 Å². The number of nitrogens with one attached hydrogen (secondary N) is 1. The van der Waals surface area contributed by atoms with E-state index in [1.54, 1.807) is 0 Å². The van der Waals surface area contributed by atoms with Crippen LogP contribution in [0, 0.1) is 0 Å². The molecular weight excluding hydrogens is 362 g/mol. The zero-order chi connectivity index (χ0) is 20.5. The Morgan fingerprint density at radius 3 is 2.57 bits per heavy atom. The SMILES string of the molecule is CNC(=O)c1cc(N(C=O)CCCC(=O)OC)cn(Cc2ccccc2)c1=O. The van der Waals surface area contributed by atoms with Gasteiger partial charge in [-0.1, -0.05) is 30.3 Å². The number of carbonyl (C=O) groups is 3. The third-order valence-electron chi connectivity index (χ3n) is 4.21. The molecule has 1 aromatic heterocycles. The summed E-state index contributed by atoms with van der Waals surface area (Å²) < 4.78 is 5.99. The summed E-state index contributed by atoms with van der Waals surface area (Å²) in [6.45, 7) is 0.502. The fraction of sp³-hybridized carbons (Fsp3) is 0.300. The summed E-state index contributed by atoms with van der Waals surface area (Å²) in [6.07, 6.45) is 2.69. The number of aromatic nitrogens is 1. The standard InChI is InChI=1S/C20H23N3O5/c1-21-19(26)17-11-16(22(14-24)10-6-9-18(25)28-2)13-23(20(17)27)12-15-7-4-3-5-8-15/h3-5,7-8,11,13-14H,6,9-10,12H2,1-2H3,(H,21,26). The maximum atomic E-state index is 12.7. The average molecular weight is 385 g/mol. The predicted molar refractivity (Wildman–Crippen MR) is 104 cm³/mol. The van der Waals surface area contributed by atoms with Crippen LogP contribution in [0.25, 0.3) is 0 Å². The number of amides is 2. The van der Waals surface area contributed by atoms with Gasteiger partial charge in [0.25, 0.3) is 11.5 Å². The lowest BCUT2D eigenvalue weighted by Crippen LogP contribution is -2.33. The first-order chi connectivity index (χ1) is 13.5. The molecular formula is C20H23N3O5. The van der Waals surface area contributed by atoms with Gasteiger partial charge in [-0.3, -0.25) is 19.2 Å². The van der Waals surface area contributed by atoms with Gasteiger partial charge >= 0.3 is 5.97 Å². The number of esters is 1. The fourth-order valence-corrected chi connectivity index (χ4v) is 2.71. The molecule has 1 heterocycles. The van der Waals surface area contributed by atoms with Gasteiger partial charge < -0.3 is 19.5 Å². The van der Waals surface area contributed by atoms with Crippen molar-refractivity contribution in [3.05, 3.63) is 64.1 Å². The summed E-state index contributed by atoms with van der Waals surface area (Å²) in [4.78, 5) is 49.1. The van der Waals surface area contributed by atoms with Gasteiger partial charge in [-0.15, -0.1) is 0 Å². The van der Waals surface area contributed by atoms with E-state index >= 15 is 0 Å². The Hall–Kier alpha value is -3.42. The van der Waals surface area contributed by atoms with E-state index in [4.69, 9.17) is 0 Å². The van der Waals surface area contributed by atoms with E-state index in [9.17, 15) is 19.2 Å². The Balaban J connectivity index is 2.37. The minimum Gasteiger partial charge on any atom is -0.469 e. The molecule has 0 atom stereocenters. The zero-order valence-corrected chi connectivity index (χ0v) is 15.9. The number of rotatable bonds is 9. The van der Waals surface area contributed by atoms with Gasteiger partial charge in [0.05, 0.1) is 19.3 Å². The Morgan fingerprint density at radius 1 is 1.25 bits per heavy atom. The van der Waals surface area contributed by atoms with Crippen molar-refractivity contribution in [2.24, 2.45) is 0 Å². The lowest BCUT2D eigenvalue weighted by Gasteiger charge is -2.20. The van der Waals surface area contributed by atoms with Crippen molar-refractivity contribution in [2.45, 2.75) is 19.4 Å². The minimum absolute atomic E-state index is 0.0595. The van der Waals surface area contributed by atoms with E-state index in [-0.39, 0.29) is 31.0 Å². The van der Waals surface area contributed by atoms with E-state index in [1.807, 2.05) is 30.3 Å². The van der Waals surface area contributed by atoms with Gasteiger partial charge in [0, 0.05) is 26.2 Å². The summed E-state index contributed by atoms with van der Waals surface area (Å²) in [7, 11) is 2.73. The molecule has 0 aliphatic rings. The molecule has 1 aromatic carbocycles. The number of carbonyl (C=O) groups excluding carboxylic acids is 3. The van der Waals surface area contributed by atoms with Crippen LogP contribution < -0.4 is 15.8 Å². The van der Waals surface area contributed by atoms with Crippen molar-refractivity contribution in [1.29, 1.82) is 0 Å². The lowest BCUT2D eigenvalue weighted by molar-refractivity contribution is -0.140. The Morgan fingerprint density at radius 2 is 1.96 bits per heavy atom. The molecule has 0 spiro atoms. The van der Waals surface area contributed by atoms with Crippen molar-refractivity contribution in [3.8, 4) is 0 Å². The van der Waals surface area contributed by atoms with Crippen molar-refractivity contribution in [2.75, 3.05) is 25.6 Å². The summed E-state index contributed by atoms with van der Waals surface area (Å²) in [5.41, 5.74) is 0.769. The molecule has 0 aliphatic carbocycles. The van der Waals surface area contributed by atoms with Crippen LogP contribution in [0.4, 0.5) is 5.69 Å². The number of benzene rings is 1. The van der Waals surface area contributed by atoms with Gasteiger partial charge in [-0.05, 0) is 18.1 Å². The number of ether oxygens (including phenoxy) is 1. The van der Waals surface area contributed by atoms with Gasteiger partial charge in [-0.25, -0.2) is 0 Å². The van der Waals surface area contributed by atoms with Gasteiger partial charge in [0.1, 0.15) is 5.56 Å². The maximum Gasteiger partial charge on any atom is 0.305 e. The van der Waals surface area contributed by atoms with Crippen LogP contribution in [0.2, 0.25) is 0 Å². The highest BCUT2D eigenvalue weighted by Crippen LogP contribution is 2.15. The molecule has 0 bridgehead atoms. The van der Waals surface area contributed by atoms with Gasteiger partial charge in [0.15, 0.2) is 0 Å². The molecule has 148 valence electrons. The summed E-state index contributed by atoms with van der Waals surface area (Å²) >= 11 is 0. The molecule has 1 N–H and O–H groups in total. The van der Waals surface area contributed by atoms with Crippen LogP contribution in [0.5, 0.6) is 0 Å². The fourth-order valence-electron chi connectivity index (χ4n) is 2.71. The van der Waals surface area contributed by atoms with Crippen molar-refractivity contribution >= 4 is 24.0 Å². The quantitative estimate of drug-likeness (QED) is 0.516. The highest BCUT2D eigenvalue weighted by Gasteiger charge is 2.17. The second kappa shape index (κ2) is 10.1. The highest BCUT2D eigenvalue weighted by molar-refractivity contribution is 5.95. The van der Waals surface area contributed by atoms with E-state index in [0.717, 1.165) is 5.56 Å². The first-order valence-corrected chi connectivity index (χ1v) is 8.79. The maximum absolute atomic E-state index is 12.7. The van der Waals surface area contributed by atoms with Gasteiger partial charge in [0.2, 0.25) is 6.41 Å². The van der Waals surface area contributed by atoms with E-state index < -0.39 is 11.5 Å². The largest absolute Gasteiger partial charge is 0.469 e. The molecule has 0 fully saturated rings. The molecule has 0 aliphatic heterocycles. The predicted octanol–water partition coefficient (Wildman–Crippen LogP) is 1.17. The first-order valence-electron chi connectivity index (χ1n) is 8.79. The second-order valence-electron chi connectivity index (χ2n) is 6.09. The zero-order valence-electron chi connectivity index (χ0n) is 15.9. The molecule has 8 heteroatoms. The molecule has 2 aromatic rings. The molecule has 0 saturated carbocycles. The van der Waals surface area contributed by atoms with E-state index in [1.165, 1.54) is 35.9 Å². The van der Waals surface area contributed by atoms with Crippen LogP contribution in [-0.2, 0) is 20.9 Å². The van der Waals surface area contributed by atoms with Crippen LogP contribution in [-0.4, -0.2) is 43.6 Å². The molecule has 28 heavy (non-hydrogen) atoms. The Bertz CT molecular complexity index is 892.